The van der Waals surface area contributed by atoms with E-state index in [1.54, 1.807) is 12.4 Å². The SMILES string of the molecule is c1cncc(-c2ccc3c(c2)P2c4cc(-c5cccnc5)ccc4Oc4cccc(c42)O3)c1. The maximum atomic E-state index is 6.36. The second-order valence-corrected chi connectivity index (χ2v) is 10.1. The van der Waals surface area contributed by atoms with E-state index < -0.39 is 7.92 Å². The maximum absolute atomic E-state index is 6.36. The van der Waals surface area contributed by atoms with Crippen molar-refractivity contribution in [1.82, 2.24) is 9.97 Å². The highest BCUT2D eigenvalue weighted by molar-refractivity contribution is 7.80. The Bertz CT molecular complexity index is 1410. The van der Waals surface area contributed by atoms with Crippen molar-refractivity contribution in [2.75, 3.05) is 0 Å². The molecule has 0 bridgehead atoms. The second-order valence-electron chi connectivity index (χ2n) is 7.99. The van der Waals surface area contributed by atoms with Crippen molar-refractivity contribution in [1.29, 1.82) is 0 Å². The molecule has 0 amide bonds. The van der Waals surface area contributed by atoms with Crippen LogP contribution in [0, 0.1) is 0 Å². The molecule has 3 aromatic carbocycles. The van der Waals surface area contributed by atoms with Gasteiger partial charge in [-0.05, 0) is 59.7 Å². The number of hydrogen-bond donors (Lipinski definition) is 0. The highest BCUT2D eigenvalue weighted by Gasteiger charge is 2.37. The molecular formula is C28H17N2O2P. The van der Waals surface area contributed by atoms with Gasteiger partial charge in [0.25, 0.3) is 0 Å². The summed E-state index contributed by atoms with van der Waals surface area (Å²) in [6.07, 6.45) is 7.39. The van der Waals surface area contributed by atoms with Crippen molar-refractivity contribution < 1.29 is 9.47 Å². The van der Waals surface area contributed by atoms with E-state index >= 15 is 0 Å². The summed E-state index contributed by atoms with van der Waals surface area (Å²) >= 11 is 0. The average Bonchev–Trinajstić information content (AvgIpc) is 2.89. The van der Waals surface area contributed by atoms with Gasteiger partial charge in [-0.2, -0.15) is 0 Å². The first-order valence-electron chi connectivity index (χ1n) is 10.7. The molecule has 33 heavy (non-hydrogen) atoms. The van der Waals surface area contributed by atoms with E-state index in [1.807, 2.05) is 42.7 Å². The van der Waals surface area contributed by atoms with Crippen molar-refractivity contribution in [3.63, 3.8) is 0 Å². The fourth-order valence-electron chi connectivity index (χ4n) is 4.48. The quantitative estimate of drug-likeness (QED) is 0.317. The number of hydrogen-bond acceptors (Lipinski definition) is 4. The van der Waals surface area contributed by atoms with Crippen LogP contribution >= 0.6 is 7.92 Å². The third kappa shape index (κ3) is 2.95. The van der Waals surface area contributed by atoms with Crippen LogP contribution in [0.5, 0.6) is 23.0 Å². The summed E-state index contributed by atoms with van der Waals surface area (Å²) < 4.78 is 12.7. The van der Waals surface area contributed by atoms with Gasteiger partial charge in [0.2, 0.25) is 0 Å². The molecule has 0 saturated heterocycles. The predicted molar refractivity (Wildman–Crippen MR) is 132 cm³/mol. The molecule has 7 rings (SSSR count). The summed E-state index contributed by atoms with van der Waals surface area (Å²) in [5, 5.41) is 3.53. The maximum Gasteiger partial charge on any atom is 0.139 e. The van der Waals surface area contributed by atoms with E-state index in [1.165, 1.54) is 10.6 Å². The lowest BCUT2D eigenvalue weighted by Crippen LogP contribution is -2.32. The largest absolute Gasteiger partial charge is 0.456 e. The van der Waals surface area contributed by atoms with Gasteiger partial charge in [0.1, 0.15) is 23.0 Å². The molecule has 156 valence electrons. The van der Waals surface area contributed by atoms with Crippen molar-refractivity contribution >= 4 is 23.8 Å². The van der Waals surface area contributed by atoms with Crippen LogP contribution in [0.4, 0.5) is 0 Å². The molecule has 2 aliphatic rings. The van der Waals surface area contributed by atoms with Crippen LogP contribution in [0.2, 0.25) is 0 Å². The zero-order valence-corrected chi connectivity index (χ0v) is 18.4. The van der Waals surface area contributed by atoms with Crippen molar-refractivity contribution in [3.8, 4) is 45.3 Å². The number of rotatable bonds is 2. The number of aromatic nitrogens is 2. The Morgan fingerprint density at radius 2 is 1.06 bits per heavy atom. The van der Waals surface area contributed by atoms with Crippen molar-refractivity contribution in [2.45, 2.75) is 0 Å². The summed E-state index contributed by atoms with van der Waals surface area (Å²) in [5.74, 6) is 3.55. The Balaban J connectivity index is 1.46. The van der Waals surface area contributed by atoms with Crippen LogP contribution in [0.3, 0.4) is 0 Å². The summed E-state index contributed by atoms with van der Waals surface area (Å²) in [6, 6.07) is 27.0. The molecule has 5 aromatic rings. The van der Waals surface area contributed by atoms with Crippen LogP contribution in [0.25, 0.3) is 22.3 Å². The first-order chi connectivity index (χ1) is 16.3. The van der Waals surface area contributed by atoms with E-state index in [4.69, 9.17) is 9.47 Å². The molecular weight excluding hydrogens is 427 g/mol. The van der Waals surface area contributed by atoms with E-state index in [-0.39, 0.29) is 0 Å². The van der Waals surface area contributed by atoms with Crippen molar-refractivity contribution in [3.05, 3.63) is 104 Å². The van der Waals surface area contributed by atoms with Crippen LogP contribution in [-0.2, 0) is 0 Å². The minimum Gasteiger partial charge on any atom is -0.456 e. The van der Waals surface area contributed by atoms with E-state index in [0.29, 0.717) is 0 Å². The molecule has 0 spiro atoms. The van der Waals surface area contributed by atoms with Crippen molar-refractivity contribution in [2.24, 2.45) is 0 Å². The third-order valence-corrected chi connectivity index (χ3v) is 8.57. The summed E-state index contributed by atoms with van der Waals surface area (Å²) in [5.41, 5.74) is 4.44. The predicted octanol–water partition coefficient (Wildman–Crippen LogP) is 5.78. The first kappa shape index (κ1) is 18.6. The van der Waals surface area contributed by atoms with Gasteiger partial charge >= 0.3 is 0 Å². The number of nitrogens with zero attached hydrogens (tertiary/aromatic N) is 2. The molecule has 4 heterocycles. The Morgan fingerprint density at radius 1 is 0.515 bits per heavy atom. The molecule has 2 aromatic heterocycles. The van der Waals surface area contributed by atoms with Gasteiger partial charge in [-0.25, -0.2) is 0 Å². The minimum absolute atomic E-state index is 0.855. The summed E-state index contributed by atoms with van der Waals surface area (Å²) in [6.45, 7) is 0. The standard InChI is InChI=1S/C28H17N2O2P/c1-6-24-28-25(7-1)32-23-11-9-19(21-5-3-13-30-17-21)15-27(23)33(28)26-14-18(8-10-22(26)31-24)20-4-2-12-29-16-20/h1-17H. The monoisotopic (exact) mass is 444 g/mol. The molecule has 0 radical (unpaired) electrons. The van der Waals surface area contributed by atoms with E-state index in [9.17, 15) is 0 Å². The molecule has 2 aliphatic heterocycles. The number of pyridine rings is 2. The Hall–Kier alpha value is -4.01. The molecule has 0 atom stereocenters. The Labute approximate surface area is 192 Å². The van der Waals surface area contributed by atoms with Crippen LogP contribution in [0.1, 0.15) is 0 Å². The lowest BCUT2D eigenvalue weighted by atomic mass is 10.1. The normalized spacial score (nSPS) is 13.2. The highest BCUT2D eigenvalue weighted by Crippen LogP contribution is 2.53. The fourth-order valence-corrected chi connectivity index (χ4v) is 7.12. The van der Waals surface area contributed by atoms with Crippen LogP contribution < -0.4 is 25.4 Å². The topological polar surface area (TPSA) is 44.2 Å². The lowest BCUT2D eigenvalue weighted by molar-refractivity contribution is 0.466. The molecule has 4 nitrogen and oxygen atoms in total. The Kier molecular flexibility index (Phi) is 4.08. The first-order valence-corrected chi connectivity index (χ1v) is 12.1. The fraction of sp³-hybridized carbons (Fsp3) is 0. The zero-order valence-electron chi connectivity index (χ0n) is 17.5. The number of ether oxygens (including phenoxy) is 2. The highest BCUT2D eigenvalue weighted by atomic mass is 31.1. The van der Waals surface area contributed by atoms with Gasteiger partial charge in [-0.15, -0.1) is 0 Å². The molecule has 0 unspecified atom stereocenters. The van der Waals surface area contributed by atoms with Gasteiger partial charge in [-0.1, -0.05) is 30.3 Å². The third-order valence-electron chi connectivity index (χ3n) is 6.01. The molecule has 0 aliphatic carbocycles. The molecule has 0 saturated carbocycles. The molecule has 5 heteroatoms. The number of fused-ring (bicyclic) bond motifs is 4. The lowest BCUT2D eigenvalue weighted by Gasteiger charge is -2.35. The zero-order chi connectivity index (χ0) is 21.8. The van der Waals surface area contributed by atoms with E-state index in [0.717, 1.165) is 50.6 Å². The average molecular weight is 444 g/mol. The van der Waals surface area contributed by atoms with Gasteiger partial charge in [0.05, 0.1) is 5.30 Å². The summed E-state index contributed by atoms with van der Waals surface area (Å²) in [4.78, 5) is 8.61. The summed E-state index contributed by atoms with van der Waals surface area (Å²) in [7, 11) is -0.855. The number of benzene rings is 3. The smallest absolute Gasteiger partial charge is 0.139 e. The van der Waals surface area contributed by atoms with Gasteiger partial charge < -0.3 is 9.47 Å². The molecule has 0 N–H and O–H groups in total. The molecule has 0 fully saturated rings. The van der Waals surface area contributed by atoms with E-state index in [2.05, 4.69) is 58.5 Å². The second kappa shape index (κ2) is 7.26. The Morgan fingerprint density at radius 3 is 1.55 bits per heavy atom. The van der Waals surface area contributed by atoms with Crippen LogP contribution in [-0.4, -0.2) is 9.97 Å². The minimum atomic E-state index is -0.855. The van der Waals surface area contributed by atoms with Gasteiger partial charge in [0.15, 0.2) is 0 Å². The van der Waals surface area contributed by atoms with Gasteiger partial charge in [0, 0.05) is 54.4 Å². The van der Waals surface area contributed by atoms with Gasteiger partial charge in [-0.3, -0.25) is 9.97 Å². The van der Waals surface area contributed by atoms with Crippen LogP contribution in [0.15, 0.2) is 104 Å².